The summed E-state index contributed by atoms with van der Waals surface area (Å²) in [5.41, 5.74) is 2.25. The van der Waals surface area contributed by atoms with E-state index in [0.717, 1.165) is 11.3 Å². The molecule has 0 unspecified atom stereocenters. The molecule has 0 aliphatic carbocycles. The molecule has 0 spiro atoms. The number of hydrogen-bond acceptors (Lipinski definition) is 7. The molecule has 0 atom stereocenters. The van der Waals surface area contributed by atoms with Crippen LogP contribution in [-0.4, -0.2) is 44.2 Å². The Bertz CT molecular complexity index is 1110. The number of amides is 2. The zero-order chi connectivity index (χ0) is 21.8. The first-order chi connectivity index (χ1) is 15.1. The fourth-order valence-corrected chi connectivity index (χ4v) is 3.99. The molecule has 2 heterocycles. The smallest absolute Gasteiger partial charge is 0.265 e. The predicted molar refractivity (Wildman–Crippen MR) is 118 cm³/mol. The van der Waals surface area contributed by atoms with Gasteiger partial charge in [-0.15, -0.1) is 11.3 Å². The predicted octanol–water partition coefficient (Wildman–Crippen LogP) is 3.58. The van der Waals surface area contributed by atoms with Crippen molar-refractivity contribution < 1.29 is 23.8 Å². The van der Waals surface area contributed by atoms with Crippen molar-refractivity contribution in [2.24, 2.45) is 0 Å². The van der Waals surface area contributed by atoms with Crippen molar-refractivity contribution >= 4 is 34.0 Å². The van der Waals surface area contributed by atoms with Gasteiger partial charge in [0.2, 0.25) is 5.91 Å². The van der Waals surface area contributed by atoms with Gasteiger partial charge in [-0.3, -0.25) is 9.59 Å². The van der Waals surface area contributed by atoms with Crippen LogP contribution in [0.2, 0.25) is 0 Å². The first-order valence-corrected chi connectivity index (χ1v) is 10.5. The van der Waals surface area contributed by atoms with Crippen molar-refractivity contribution in [3.8, 4) is 28.5 Å². The molecule has 3 aromatic rings. The minimum atomic E-state index is -0.218. The van der Waals surface area contributed by atoms with E-state index < -0.39 is 0 Å². The second-order valence-corrected chi connectivity index (χ2v) is 7.57. The summed E-state index contributed by atoms with van der Waals surface area (Å²) in [5, 5.41) is 5.15. The molecular weight excluding hydrogens is 418 g/mol. The van der Waals surface area contributed by atoms with Gasteiger partial charge < -0.3 is 24.4 Å². The molecule has 1 aromatic heterocycles. The van der Waals surface area contributed by atoms with E-state index in [-0.39, 0.29) is 31.4 Å². The van der Waals surface area contributed by atoms with Gasteiger partial charge in [0.25, 0.3) is 5.91 Å². The summed E-state index contributed by atoms with van der Waals surface area (Å²) in [6.07, 6.45) is 0.144. The Labute approximate surface area is 183 Å². The Morgan fingerprint density at radius 1 is 1.19 bits per heavy atom. The number of methoxy groups -OCH3 is 2. The van der Waals surface area contributed by atoms with Crippen molar-refractivity contribution in [2.45, 2.75) is 6.42 Å². The Morgan fingerprint density at radius 3 is 2.81 bits per heavy atom. The van der Waals surface area contributed by atoms with Gasteiger partial charge in [-0.25, -0.2) is 4.98 Å². The molecule has 4 rings (SSSR count). The number of carbonyl (C=O) groups excluding carboxylic acids is 2. The standard InChI is InChI=1S/C22H21N3O5S/c1-28-18-8-7-14(11-19(18)29-2)15-13-31-22(23-15)24-20(26)9-10-25-16-5-3-4-6-17(16)30-12-21(25)27/h3-8,11,13H,9-10,12H2,1-2H3,(H,23,24,26). The Balaban J connectivity index is 1.39. The summed E-state index contributed by atoms with van der Waals surface area (Å²) in [6.45, 7) is 0.235. The summed E-state index contributed by atoms with van der Waals surface area (Å²) in [7, 11) is 3.16. The number of nitrogens with zero attached hydrogens (tertiary/aromatic N) is 2. The first-order valence-electron chi connectivity index (χ1n) is 9.59. The molecule has 0 saturated heterocycles. The minimum Gasteiger partial charge on any atom is -0.493 e. The van der Waals surface area contributed by atoms with Gasteiger partial charge in [-0.2, -0.15) is 0 Å². The van der Waals surface area contributed by atoms with Crippen molar-refractivity contribution in [3.05, 3.63) is 47.8 Å². The number of nitrogens with one attached hydrogen (secondary N) is 1. The molecule has 0 saturated carbocycles. The highest BCUT2D eigenvalue weighted by molar-refractivity contribution is 7.14. The third-order valence-electron chi connectivity index (χ3n) is 4.80. The van der Waals surface area contributed by atoms with Gasteiger partial charge >= 0.3 is 0 Å². The van der Waals surface area contributed by atoms with Crippen LogP contribution in [0.1, 0.15) is 6.42 Å². The summed E-state index contributed by atoms with van der Waals surface area (Å²) in [4.78, 5) is 30.7. The highest BCUT2D eigenvalue weighted by atomic mass is 32.1. The van der Waals surface area contributed by atoms with E-state index in [1.54, 1.807) is 31.3 Å². The normalized spacial score (nSPS) is 12.7. The summed E-state index contributed by atoms with van der Waals surface area (Å²) in [6, 6.07) is 12.8. The molecule has 31 heavy (non-hydrogen) atoms. The first kappa shape index (κ1) is 20.7. The van der Waals surface area contributed by atoms with Gasteiger partial charge in [0.05, 0.1) is 25.6 Å². The van der Waals surface area contributed by atoms with Crippen LogP contribution in [0.25, 0.3) is 11.3 Å². The van der Waals surface area contributed by atoms with Crippen LogP contribution in [0, 0.1) is 0 Å². The molecule has 1 aliphatic heterocycles. The highest BCUT2D eigenvalue weighted by Gasteiger charge is 2.25. The zero-order valence-corrected chi connectivity index (χ0v) is 17.9. The molecular formula is C22H21N3O5S. The van der Waals surface area contributed by atoms with Gasteiger partial charge in [0, 0.05) is 23.9 Å². The number of para-hydroxylation sites is 2. The monoisotopic (exact) mass is 439 g/mol. The molecule has 1 aliphatic rings. The summed E-state index contributed by atoms with van der Waals surface area (Å²) < 4.78 is 16.0. The van der Waals surface area contributed by atoms with Crippen molar-refractivity contribution in [3.63, 3.8) is 0 Å². The van der Waals surface area contributed by atoms with Crippen molar-refractivity contribution in [1.82, 2.24) is 4.98 Å². The number of fused-ring (bicyclic) bond motifs is 1. The van der Waals surface area contributed by atoms with E-state index in [9.17, 15) is 9.59 Å². The molecule has 2 amide bonds. The number of aromatic nitrogens is 1. The van der Waals surface area contributed by atoms with E-state index in [4.69, 9.17) is 14.2 Å². The zero-order valence-electron chi connectivity index (χ0n) is 17.1. The van der Waals surface area contributed by atoms with Gasteiger partial charge in [0.15, 0.2) is 23.2 Å². The van der Waals surface area contributed by atoms with E-state index in [2.05, 4.69) is 10.3 Å². The van der Waals surface area contributed by atoms with E-state index in [1.165, 1.54) is 11.3 Å². The average molecular weight is 439 g/mol. The van der Waals surface area contributed by atoms with Gasteiger partial charge in [0.1, 0.15) is 5.75 Å². The van der Waals surface area contributed by atoms with Crippen molar-refractivity contribution in [1.29, 1.82) is 0 Å². The van der Waals surface area contributed by atoms with E-state index >= 15 is 0 Å². The quantitative estimate of drug-likeness (QED) is 0.605. The van der Waals surface area contributed by atoms with Crippen molar-refractivity contribution in [2.75, 3.05) is 37.6 Å². The summed E-state index contributed by atoms with van der Waals surface area (Å²) >= 11 is 1.33. The van der Waals surface area contributed by atoms with Crippen LogP contribution in [0.5, 0.6) is 17.2 Å². The van der Waals surface area contributed by atoms with E-state index in [1.807, 2.05) is 35.7 Å². The largest absolute Gasteiger partial charge is 0.493 e. The lowest BCUT2D eigenvalue weighted by Gasteiger charge is -2.29. The molecule has 8 nitrogen and oxygen atoms in total. The molecule has 160 valence electrons. The highest BCUT2D eigenvalue weighted by Crippen LogP contribution is 2.34. The third kappa shape index (κ3) is 4.46. The Morgan fingerprint density at radius 2 is 2.00 bits per heavy atom. The summed E-state index contributed by atoms with van der Waals surface area (Å²) in [5.74, 6) is 1.49. The molecule has 9 heteroatoms. The van der Waals surface area contributed by atoms with Crippen LogP contribution < -0.4 is 24.4 Å². The number of thiazole rings is 1. The number of hydrogen-bond donors (Lipinski definition) is 1. The lowest BCUT2D eigenvalue weighted by atomic mass is 10.1. The maximum absolute atomic E-state index is 12.5. The van der Waals surface area contributed by atoms with Crippen LogP contribution in [0.3, 0.4) is 0 Å². The van der Waals surface area contributed by atoms with Crippen LogP contribution in [0.15, 0.2) is 47.8 Å². The number of rotatable bonds is 7. The Kier molecular flexibility index (Phi) is 6.03. The van der Waals surface area contributed by atoms with Crippen LogP contribution in [0.4, 0.5) is 10.8 Å². The molecule has 0 fully saturated rings. The minimum absolute atomic E-state index is 0.0280. The number of ether oxygens (including phenoxy) is 3. The molecule has 0 radical (unpaired) electrons. The number of carbonyl (C=O) groups is 2. The third-order valence-corrected chi connectivity index (χ3v) is 5.56. The lowest BCUT2D eigenvalue weighted by molar-refractivity contribution is -0.121. The Hall–Kier alpha value is -3.59. The van der Waals surface area contributed by atoms with E-state index in [0.29, 0.717) is 28.1 Å². The fourth-order valence-electron chi connectivity index (χ4n) is 3.25. The molecule has 1 N–H and O–H groups in total. The van der Waals surface area contributed by atoms with Gasteiger partial charge in [-0.1, -0.05) is 12.1 Å². The fraction of sp³-hybridized carbons (Fsp3) is 0.227. The SMILES string of the molecule is COc1ccc(-c2csc(NC(=O)CCN3C(=O)COc4ccccc43)n2)cc1OC. The van der Waals surface area contributed by atoms with Gasteiger partial charge in [-0.05, 0) is 30.3 Å². The maximum Gasteiger partial charge on any atom is 0.265 e. The molecule has 0 bridgehead atoms. The topological polar surface area (TPSA) is 90.0 Å². The van der Waals surface area contributed by atoms with Crippen LogP contribution >= 0.6 is 11.3 Å². The lowest BCUT2D eigenvalue weighted by Crippen LogP contribution is -2.40. The average Bonchev–Trinajstić information content (AvgIpc) is 3.26. The number of anilines is 2. The molecule has 2 aromatic carbocycles. The second-order valence-electron chi connectivity index (χ2n) is 6.71. The number of benzene rings is 2. The maximum atomic E-state index is 12.5. The second kappa shape index (κ2) is 9.05. The van der Waals surface area contributed by atoms with Crippen LogP contribution in [-0.2, 0) is 9.59 Å².